The molecular weight excluding hydrogens is 396 g/mol. The highest BCUT2D eigenvalue weighted by atomic mass is 16.6. The number of hydrogen-bond donors (Lipinski definition) is 1. The number of esters is 1. The van der Waals surface area contributed by atoms with E-state index in [2.05, 4.69) is 47.6 Å². The molecule has 32 heavy (non-hydrogen) atoms. The van der Waals surface area contributed by atoms with Crippen LogP contribution >= 0.6 is 0 Å². The van der Waals surface area contributed by atoms with Crippen LogP contribution in [0.4, 0.5) is 0 Å². The van der Waals surface area contributed by atoms with Crippen molar-refractivity contribution < 1.29 is 14.6 Å². The molecule has 1 unspecified atom stereocenters. The van der Waals surface area contributed by atoms with Crippen molar-refractivity contribution in [3.8, 4) is 0 Å². The summed E-state index contributed by atoms with van der Waals surface area (Å²) in [6.07, 6.45) is 12.8. The van der Waals surface area contributed by atoms with Gasteiger partial charge in [-0.05, 0) is 98.2 Å². The number of carbonyl (C=O) groups excluding carboxylic acids is 1. The van der Waals surface area contributed by atoms with Gasteiger partial charge in [-0.3, -0.25) is 4.79 Å². The van der Waals surface area contributed by atoms with E-state index in [1.165, 1.54) is 38.5 Å². The van der Waals surface area contributed by atoms with E-state index in [4.69, 9.17) is 4.74 Å². The third-order valence-corrected chi connectivity index (χ3v) is 12.8. The van der Waals surface area contributed by atoms with Crippen LogP contribution in [0.2, 0.25) is 0 Å². The summed E-state index contributed by atoms with van der Waals surface area (Å²) < 4.78 is 6.01. The van der Waals surface area contributed by atoms with Gasteiger partial charge in [0.05, 0.1) is 11.5 Å². The minimum Gasteiger partial charge on any atom is -0.461 e. The van der Waals surface area contributed by atoms with Crippen molar-refractivity contribution in [3.05, 3.63) is 11.6 Å². The van der Waals surface area contributed by atoms with Crippen LogP contribution < -0.4 is 0 Å². The number of aliphatic hydroxyl groups is 1. The monoisotopic (exact) mass is 440 g/mol. The molecule has 0 spiro atoms. The lowest BCUT2D eigenvalue weighted by Gasteiger charge is -2.67. The molecule has 0 aromatic heterocycles. The lowest BCUT2D eigenvalue weighted by Crippen LogP contribution is -2.61. The smallest absolute Gasteiger partial charge is 0.312 e. The highest BCUT2D eigenvalue weighted by Gasteiger charge is 2.67. The van der Waals surface area contributed by atoms with Crippen LogP contribution in [0.25, 0.3) is 0 Å². The number of rotatable bonds is 0. The molecule has 6 aliphatic rings. The lowest BCUT2D eigenvalue weighted by molar-refractivity contribution is -0.172. The molecule has 1 N–H and O–H groups in total. The van der Waals surface area contributed by atoms with Crippen LogP contribution in [0.5, 0.6) is 0 Å². The second-order valence-corrected chi connectivity index (χ2v) is 14.5. The van der Waals surface area contributed by atoms with E-state index in [0.717, 1.165) is 31.1 Å². The summed E-state index contributed by atoms with van der Waals surface area (Å²) in [6.45, 7) is 14.4. The lowest BCUT2D eigenvalue weighted by atomic mass is 9.38. The predicted octanol–water partition coefficient (Wildman–Crippen LogP) is 6.29. The molecule has 3 nitrogen and oxygen atoms in total. The molecular formula is C29H44O3. The topological polar surface area (TPSA) is 46.5 Å². The minimum atomic E-state index is -0.280. The first kappa shape index (κ1) is 21.7. The van der Waals surface area contributed by atoms with Gasteiger partial charge in [-0.25, -0.2) is 0 Å². The standard InChI is InChI=1S/C29H44O3/c1-25(2)21-10-9-17-18(28(21,5)12-11-22(25)30)7-8-19-20-15-26(3)16-23(32-24(26)31)29(20,6)14-13-27(17,19)4/h8,17-18,20-23,30H,7,9-16H2,1-6H3/t17?,18-,20-,21-,22-,23+,26+,27-,28+,29+/m0/s1. The SMILES string of the molecule is CC1(C)[C@@H](O)CC[C@]2(C)[C@H]3CC=C4[C@@H]5C[C@]6(C)C[C@@H](OC6=O)[C@]5(C)CC[C@@]4(C)C3CC[C@@H]12. The van der Waals surface area contributed by atoms with Crippen LogP contribution in [0.1, 0.15) is 99.3 Å². The first-order chi connectivity index (χ1) is 14.9. The highest BCUT2D eigenvalue weighted by Crippen LogP contribution is 2.72. The minimum absolute atomic E-state index is 0.0167. The van der Waals surface area contributed by atoms with Crippen LogP contribution in [-0.2, 0) is 9.53 Å². The maximum absolute atomic E-state index is 12.8. The van der Waals surface area contributed by atoms with E-state index in [1.54, 1.807) is 5.57 Å². The quantitative estimate of drug-likeness (QED) is 0.355. The number of carbonyl (C=O) groups is 1. The van der Waals surface area contributed by atoms with E-state index < -0.39 is 0 Å². The molecule has 10 atom stereocenters. The van der Waals surface area contributed by atoms with Gasteiger partial charge in [0, 0.05) is 11.8 Å². The van der Waals surface area contributed by atoms with Gasteiger partial charge in [0.2, 0.25) is 0 Å². The summed E-state index contributed by atoms with van der Waals surface area (Å²) >= 11 is 0. The number of hydrogen-bond acceptors (Lipinski definition) is 3. The Balaban J connectivity index is 1.39. The summed E-state index contributed by atoms with van der Waals surface area (Å²) in [6, 6.07) is 0. The molecule has 2 bridgehead atoms. The molecule has 5 aliphatic carbocycles. The van der Waals surface area contributed by atoms with Crippen molar-refractivity contribution in [2.24, 2.45) is 50.7 Å². The molecule has 1 saturated heterocycles. The summed E-state index contributed by atoms with van der Waals surface area (Å²) in [5.41, 5.74) is 2.13. The molecule has 1 heterocycles. The Morgan fingerprint density at radius 1 is 0.906 bits per heavy atom. The number of fused-ring (bicyclic) bond motifs is 10. The highest BCUT2D eigenvalue weighted by molar-refractivity contribution is 5.79. The fourth-order valence-electron chi connectivity index (χ4n) is 10.6. The zero-order valence-electron chi connectivity index (χ0n) is 21.2. The Kier molecular flexibility index (Phi) is 4.22. The van der Waals surface area contributed by atoms with Crippen LogP contribution in [0.3, 0.4) is 0 Å². The first-order valence-corrected chi connectivity index (χ1v) is 13.5. The van der Waals surface area contributed by atoms with Crippen molar-refractivity contribution in [1.82, 2.24) is 0 Å². The molecule has 5 fully saturated rings. The van der Waals surface area contributed by atoms with Gasteiger partial charge in [0.1, 0.15) is 6.10 Å². The Morgan fingerprint density at radius 3 is 2.41 bits per heavy atom. The second-order valence-electron chi connectivity index (χ2n) is 14.5. The maximum Gasteiger partial charge on any atom is 0.312 e. The van der Waals surface area contributed by atoms with E-state index in [0.29, 0.717) is 17.3 Å². The van der Waals surface area contributed by atoms with Crippen molar-refractivity contribution in [2.75, 3.05) is 0 Å². The molecule has 6 rings (SSSR count). The predicted molar refractivity (Wildman–Crippen MR) is 126 cm³/mol. The van der Waals surface area contributed by atoms with Gasteiger partial charge >= 0.3 is 5.97 Å². The maximum atomic E-state index is 12.8. The normalized spacial score (nSPS) is 58.0. The third-order valence-electron chi connectivity index (χ3n) is 12.8. The number of allylic oxidation sites excluding steroid dienone is 2. The van der Waals surface area contributed by atoms with Crippen molar-refractivity contribution in [2.45, 2.75) is 112 Å². The molecule has 1 aliphatic heterocycles. The van der Waals surface area contributed by atoms with Gasteiger partial charge in [0.25, 0.3) is 0 Å². The van der Waals surface area contributed by atoms with Crippen molar-refractivity contribution >= 4 is 5.97 Å². The third kappa shape index (κ3) is 2.40. The summed E-state index contributed by atoms with van der Waals surface area (Å²) in [5, 5.41) is 10.8. The van der Waals surface area contributed by atoms with Gasteiger partial charge in [-0.15, -0.1) is 0 Å². The van der Waals surface area contributed by atoms with Gasteiger partial charge < -0.3 is 9.84 Å². The van der Waals surface area contributed by atoms with Crippen molar-refractivity contribution in [1.29, 1.82) is 0 Å². The average molecular weight is 441 g/mol. The molecule has 4 saturated carbocycles. The molecule has 0 radical (unpaired) electrons. The molecule has 178 valence electrons. The van der Waals surface area contributed by atoms with Gasteiger partial charge in [-0.1, -0.05) is 46.3 Å². The Labute approximate surface area is 194 Å². The fraction of sp³-hybridized carbons (Fsp3) is 0.897. The van der Waals surface area contributed by atoms with E-state index >= 15 is 0 Å². The van der Waals surface area contributed by atoms with Crippen LogP contribution in [0, 0.1) is 50.7 Å². The Hall–Kier alpha value is -0.830. The van der Waals surface area contributed by atoms with Gasteiger partial charge in [-0.2, -0.15) is 0 Å². The Morgan fingerprint density at radius 2 is 1.66 bits per heavy atom. The molecule has 0 aromatic rings. The molecule has 0 aromatic carbocycles. The summed E-state index contributed by atoms with van der Waals surface area (Å²) in [4.78, 5) is 12.8. The van der Waals surface area contributed by atoms with Crippen LogP contribution in [0.15, 0.2) is 11.6 Å². The zero-order chi connectivity index (χ0) is 22.9. The zero-order valence-corrected chi connectivity index (χ0v) is 21.2. The largest absolute Gasteiger partial charge is 0.461 e. The summed E-state index contributed by atoms with van der Waals surface area (Å²) in [7, 11) is 0. The molecule has 3 heteroatoms. The molecule has 0 amide bonds. The summed E-state index contributed by atoms with van der Waals surface area (Å²) in [5.74, 6) is 2.63. The fourth-order valence-corrected chi connectivity index (χ4v) is 10.6. The van der Waals surface area contributed by atoms with E-state index in [-0.39, 0.29) is 39.8 Å². The number of ether oxygens (including phenoxy) is 1. The van der Waals surface area contributed by atoms with Crippen molar-refractivity contribution in [3.63, 3.8) is 0 Å². The van der Waals surface area contributed by atoms with E-state index in [1.807, 2.05) is 0 Å². The van der Waals surface area contributed by atoms with Gasteiger partial charge in [0.15, 0.2) is 0 Å². The second kappa shape index (κ2) is 6.23. The average Bonchev–Trinajstić information content (AvgIpc) is 2.99. The Bertz CT molecular complexity index is 889. The number of aliphatic hydroxyl groups excluding tert-OH is 1. The first-order valence-electron chi connectivity index (χ1n) is 13.5. The van der Waals surface area contributed by atoms with E-state index in [9.17, 15) is 9.90 Å². The van der Waals surface area contributed by atoms with Crippen LogP contribution in [-0.4, -0.2) is 23.3 Å².